The lowest BCUT2D eigenvalue weighted by Gasteiger charge is -2.23. The molecule has 0 aliphatic heterocycles. The van der Waals surface area contributed by atoms with Gasteiger partial charge >= 0.3 is 0 Å². The van der Waals surface area contributed by atoms with Crippen LogP contribution in [0.25, 0.3) is 0 Å². The van der Waals surface area contributed by atoms with E-state index < -0.39 is 0 Å². The summed E-state index contributed by atoms with van der Waals surface area (Å²) >= 11 is 1.60. The molecule has 0 fully saturated rings. The first-order chi connectivity index (χ1) is 11.1. The van der Waals surface area contributed by atoms with Crippen LogP contribution in [-0.2, 0) is 4.79 Å². The lowest BCUT2D eigenvalue weighted by molar-refractivity contribution is -0.121. The van der Waals surface area contributed by atoms with Gasteiger partial charge in [0.1, 0.15) is 0 Å². The first-order valence-corrected chi connectivity index (χ1v) is 9.01. The predicted molar refractivity (Wildman–Crippen MR) is 98.5 cm³/mol. The minimum absolute atomic E-state index is 0.0718. The standard InChI is InChI=1S/C20H25NOS/c1-15(2)14-19(17-10-6-4-7-11-17)21-20(22)16(3)23-18-12-8-5-9-13-18/h4-13,15-16,19H,14H2,1-3H3,(H,21,22)/t16-,19-/m0/s1. The van der Waals surface area contributed by atoms with E-state index in [1.54, 1.807) is 11.8 Å². The Labute approximate surface area is 143 Å². The second kappa shape index (κ2) is 8.78. The molecule has 0 bridgehead atoms. The predicted octanol–water partition coefficient (Wildman–Crippen LogP) is 5.07. The van der Waals surface area contributed by atoms with Gasteiger partial charge in [-0.05, 0) is 37.0 Å². The fourth-order valence-corrected chi connectivity index (χ4v) is 3.38. The van der Waals surface area contributed by atoms with Crippen molar-refractivity contribution in [1.29, 1.82) is 0 Å². The molecule has 3 heteroatoms. The molecule has 2 atom stereocenters. The first kappa shape index (κ1) is 17.6. The Bertz CT molecular complexity index is 598. The molecule has 1 amide bonds. The average Bonchev–Trinajstić information content (AvgIpc) is 2.55. The molecule has 2 aromatic carbocycles. The Morgan fingerprint density at radius 2 is 1.52 bits per heavy atom. The van der Waals surface area contributed by atoms with Crippen molar-refractivity contribution in [2.45, 2.75) is 43.4 Å². The summed E-state index contributed by atoms with van der Waals surface area (Å²) in [6.45, 7) is 6.33. The summed E-state index contributed by atoms with van der Waals surface area (Å²) in [5, 5.41) is 3.11. The number of carbonyl (C=O) groups excluding carboxylic acids is 1. The molecule has 0 saturated carbocycles. The maximum Gasteiger partial charge on any atom is 0.233 e. The van der Waals surface area contributed by atoms with Crippen molar-refractivity contribution in [3.63, 3.8) is 0 Å². The highest BCUT2D eigenvalue weighted by atomic mass is 32.2. The maximum atomic E-state index is 12.6. The molecule has 0 heterocycles. The van der Waals surface area contributed by atoms with Gasteiger partial charge in [-0.3, -0.25) is 4.79 Å². The van der Waals surface area contributed by atoms with Crippen molar-refractivity contribution in [2.24, 2.45) is 5.92 Å². The lowest BCUT2D eigenvalue weighted by Crippen LogP contribution is -2.35. The van der Waals surface area contributed by atoms with Gasteiger partial charge in [0.05, 0.1) is 11.3 Å². The van der Waals surface area contributed by atoms with Gasteiger partial charge < -0.3 is 5.32 Å². The lowest BCUT2D eigenvalue weighted by atomic mass is 9.97. The van der Waals surface area contributed by atoms with Crippen molar-refractivity contribution in [1.82, 2.24) is 5.32 Å². The van der Waals surface area contributed by atoms with Crippen LogP contribution in [0.1, 0.15) is 38.8 Å². The Kier molecular flexibility index (Phi) is 6.72. The molecular formula is C20H25NOS. The summed E-state index contributed by atoms with van der Waals surface area (Å²) in [5.41, 5.74) is 1.17. The first-order valence-electron chi connectivity index (χ1n) is 8.13. The molecule has 23 heavy (non-hydrogen) atoms. The van der Waals surface area contributed by atoms with Crippen LogP contribution in [0.4, 0.5) is 0 Å². The van der Waals surface area contributed by atoms with Crippen LogP contribution in [0.5, 0.6) is 0 Å². The molecule has 2 aromatic rings. The topological polar surface area (TPSA) is 29.1 Å². The number of amides is 1. The second-order valence-electron chi connectivity index (χ2n) is 6.17. The molecule has 0 unspecified atom stereocenters. The summed E-state index contributed by atoms with van der Waals surface area (Å²) in [6.07, 6.45) is 0.943. The quantitative estimate of drug-likeness (QED) is 0.719. The minimum atomic E-state index is -0.115. The molecule has 122 valence electrons. The molecule has 0 saturated heterocycles. The van der Waals surface area contributed by atoms with E-state index >= 15 is 0 Å². The highest BCUT2D eigenvalue weighted by molar-refractivity contribution is 8.00. The summed E-state index contributed by atoms with van der Waals surface area (Å²) in [7, 11) is 0. The molecule has 2 nitrogen and oxygen atoms in total. The third kappa shape index (κ3) is 5.76. The fourth-order valence-electron chi connectivity index (χ4n) is 2.48. The van der Waals surface area contributed by atoms with E-state index in [0.29, 0.717) is 5.92 Å². The number of nitrogens with one attached hydrogen (secondary N) is 1. The summed E-state index contributed by atoms with van der Waals surface area (Å²) in [6, 6.07) is 20.4. The van der Waals surface area contributed by atoms with Crippen LogP contribution in [0.15, 0.2) is 65.6 Å². The van der Waals surface area contributed by atoms with Crippen LogP contribution in [0, 0.1) is 5.92 Å². The largest absolute Gasteiger partial charge is 0.348 e. The maximum absolute atomic E-state index is 12.6. The molecule has 0 aliphatic rings. The zero-order valence-corrected chi connectivity index (χ0v) is 14.8. The molecule has 0 radical (unpaired) electrons. The molecular weight excluding hydrogens is 302 g/mol. The van der Waals surface area contributed by atoms with Crippen molar-refractivity contribution < 1.29 is 4.79 Å². The normalized spacial score (nSPS) is 13.6. The zero-order chi connectivity index (χ0) is 16.7. The van der Waals surface area contributed by atoms with Gasteiger partial charge in [0.15, 0.2) is 0 Å². The number of carbonyl (C=O) groups is 1. The molecule has 2 rings (SSSR count). The van der Waals surface area contributed by atoms with Crippen LogP contribution in [0.2, 0.25) is 0 Å². The second-order valence-corrected chi connectivity index (χ2v) is 7.59. The van der Waals surface area contributed by atoms with Crippen LogP contribution in [0.3, 0.4) is 0 Å². The van der Waals surface area contributed by atoms with Gasteiger partial charge in [-0.1, -0.05) is 62.4 Å². The Balaban J connectivity index is 2.02. The van der Waals surface area contributed by atoms with Crippen LogP contribution in [-0.4, -0.2) is 11.2 Å². The number of thioether (sulfide) groups is 1. The SMILES string of the molecule is CC(C)C[C@H](NC(=O)[C@H](C)Sc1ccccc1)c1ccccc1. The van der Waals surface area contributed by atoms with Gasteiger partial charge in [0.2, 0.25) is 5.91 Å². The number of hydrogen-bond acceptors (Lipinski definition) is 2. The Hall–Kier alpha value is -1.74. The monoisotopic (exact) mass is 327 g/mol. The van der Waals surface area contributed by atoms with E-state index in [1.165, 1.54) is 5.56 Å². The highest BCUT2D eigenvalue weighted by Gasteiger charge is 2.20. The highest BCUT2D eigenvalue weighted by Crippen LogP contribution is 2.25. The third-order valence-electron chi connectivity index (χ3n) is 3.65. The zero-order valence-electron chi connectivity index (χ0n) is 14.0. The number of hydrogen-bond donors (Lipinski definition) is 1. The third-order valence-corrected chi connectivity index (χ3v) is 4.76. The van der Waals surface area contributed by atoms with Crippen molar-refractivity contribution in [3.8, 4) is 0 Å². The summed E-state index contributed by atoms with van der Waals surface area (Å²) < 4.78 is 0. The van der Waals surface area contributed by atoms with Crippen molar-refractivity contribution in [3.05, 3.63) is 66.2 Å². The van der Waals surface area contributed by atoms with Gasteiger partial charge in [-0.25, -0.2) is 0 Å². The van der Waals surface area contributed by atoms with Crippen molar-refractivity contribution in [2.75, 3.05) is 0 Å². The van der Waals surface area contributed by atoms with Crippen LogP contribution < -0.4 is 5.32 Å². The number of benzene rings is 2. The van der Waals surface area contributed by atoms with Crippen LogP contribution >= 0.6 is 11.8 Å². The smallest absolute Gasteiger partial charge is 0.233 e. The van der Waals surface area contributed by atoms with Gasteiger partial charge in [-0.2, -0.15) is 0 Å². The Morgan fingerprint density at radius 1 is 0.957 bits per heavy atom. The van der Waals surface area contributed by atoms with Gasteiger partial charge in [0, 0.05) is 4.90 Å². The van der Waals surface area contributed by atoms with E-state index in [2.05, 4.69) is 31.3 Å². The molecule has 0 spiro atoms. The van der Waals surface area contributed by atoms with E-state index in [-0.39, 0.29) is 17.2 Å². The fraction of sp³-hybridized carbons (Fsp3) is 0.350. The molecule has 1 N–H and O–H groups in total. The molecule has 0 aromatic heterocycles. The molecule has 0 aliphatic carbocycles. The van der Waals surface area contributed by atoms with E-state index in [4.69, 9.17) is 0 Å². The van der Waals surface area contributed by atoms with Gasteiger partial charge in [-0.15, -0.1) is 11.8 Å². The van der Waals surface area contributed by atoms with E-state index in [1.807, 2.05) is 55.5 Å². The Morgan fingerprint density at radius 3 is 2.09 bits per heavy atom. The summed E-state index contributed by atoms with van der Waals surface area (Å²) in [4.78, 5) is 13.7. The summed E-state index contributed by atoms with van der Waals surface area (Å²) in [5.74, 6) is 0.617. The van der Waals surface area contributed by atoms with E-state index in [9.17, 15) is 4.79 Å². The minimum Gasteiger partial charge on any atom is -0.348 e. The number of rotatable bonds is 7. The van der Waals surface area contributed by atoms with E-state index in [0.717, 1.165) is 11.3 Å². The average molecular weight is 327 g/mol. The van der Waals surface area contributed by atoms with Gasteiger partial charge in [0.25, 0.3) is 0 Å². The van der Waals surface area contributed by atoms with Crippen molar-refractivity contribution >= 4 is 17.7 Å².